The van der Waals surface area contributed by atoms with Crippen LogP contribution in [0.2, 0.25) is 0 Å². The third-order valence-electron chi connectivity index (χ3n) is 9.64. The van der Waals surface area contributed by atoms with Crippen molar-refractivity contribution < 1.29 is 0 Å². The number of pyridine rings is 2. The molecule has 0 radical (unpaired) electrons. The highest BCUT2D eigenvalue weighted by Crippen LogP contribution is 2.58. The van der Waals surface area contributed by atoms with E-state index in [9.17, 15) is 5.26 Å². The van der Waals surface area contributed by atoms with Gasteiger partial charge >= 0.3 is 0 Å². The van der Waals surface area contributed by atoms with E-state index in [1.165, 1.54) is 27.8 Å². The molecular weight excluding hydrogens is 571 g/mol. The van der Waals surface area contributed by atoms with E-state index >= 15 is 0 Å². The third-order valence-corrected chi connectivity index (χ3v) is 9.64. The Balaban J connectivity index is 1.44. The number of fused-ring (bicyclic) bond motifs is 6. The van der Waals surface area contributed by atoms with Crippen LogP contribution in [-0.2, 0) is 5.41 Å². The minimum atomic E-state index is -0.554. The monoisotopic (exact) mass is 597 g/mol. The molecule has 218 valence electrons. The molecule has 1 aliphatic rings. The standard InChI is InChI=1S/C44H27N3/c45-28-31-12-7-8-18-34(31)36-26-37-35-19-9-10-20-39(35)44(32-14-3-1-4-15-32,33-16-5-2-6-17-33)40(37)27-38(36)41-24-23-30-22-21-29-13-11-25-46-42(29)43(30)47-41/h1-27H. The zero-order valence-corrected chi connectivity index (χ0v) is 25.4. The topological polar surface area (TPSA) is 49.6 Å². The highest BCUT2D eigenvalue weighted by atomic mass is 14.8. The van der Waals surface area contributed by atoms with Crippen LogP contribution in [0.1, 0.15) is 27.8 Å². The SMILES string of the molecule is N#Cc1ccccc1-c1cc2c(cc1-c1ccc3ccc4cccnc4c3n1)C(c1ccccc1)(c1ccccc1)c1ccccc1-2. The number of aromatic nitrogens is 2. The van der Waals surface area contributed by atoms with Gasteiger partial charge in [0, 0.05) is 28.1 Å². The van der Waals surface area contributed by atoms with Gasteiger partial charge in [0.2, 0.25) is 0 Å². The van der Waals surface area contributed by atoms with Crippen molar-refractivity contribution in [1.82, 2.24) is 9.97 Å². The Morgan fingerprint density at radius 1 is 0.468 bits per heavy atom. The summed E-state index contributed by atoms with van der Waals surface area (Å²) in [6, 6.07) is 57.8. The molecule has 6 aromatic carbocycles. The van der Waals surface area contributed by atoms with E-state index in [0.717, 1.165) is 49.8 Å². The lowest BCUT2D eigenvalue weighted by Crippen LogP contribution is -2.28. The molecule has 0 atom stereocenters. The normalized spacial score (nSPS) is 12.8. The Labute approximate surface area is 273 Å². The van der Waals surface area contributed by atoms with Gasteiger partial charge in [0.15, 0.2) is 0 Å². The van der Waals surface area contributed by atoms with Gasteiger partial charge in [-0.25, -0.2) is 4.98 Å². The first-order chi connectivity index (χ1) is 23.3. The minimum absolute atomic E-state index is 0.554. The zero-order valence-electron chi connectivity index (χ0n) is 25.4. The largest absolute Gasteiger partial charge is 0.254 e. The van der Waals surface area contributed by atoms with Crippen molar-refractivity contribution in [1.29, 1.82) is 5.26 Å². The lowest BCUT2D eigenvalue weighted by Gasteiger charge is -2.34. The Morgan fingerprint density at radius 3 is 1.85 bits per heavy atom. The maximum absolute atomic E-state index is 10.3. The van der Waals surface area contributed by atoms with Crippen molar-refractivity contribution in [3.05, 3.63) is 192 Å². The van der Waals surface area contributed by atoms with Gasteiger partial charge in [0.05, 0.1) is 33.8 Å². The summed E-state index contributed by atoms with van der Waals surface area (Å²) in [6.45, 7) is 0. The summed E-state index contributed by atoms with van der Waals surface area (Å²) in [6.07, 6.45) is 1.82. The zero-order chi connectivity index (χ0) is 31.4. The quantitative estimate of drug-likeness (QED) is 0.190. The van der Waals surface area contributed by atoms with Crippen LogP contribution in [-0.4, -0.2) is 9.97 Å². The van der Waals surface area contributed by atoms with Crippen LogP contribution >= 0.6 is 0 Å². The molecule has 8 aromatic rings. The van der Waals surface area contributed by atoms with E-state index in [2.05, 4.69) is 133 Å². The summed E-state index contributed by atoms with van der Waals surface area (Å²) in [4.78, 5) is 10.1. The molecule has 0 saturated carbocycles. The summed E-state index contributed by atoms with van der Waals surface area (Å²) in [5, 5.41) is 12.3. The molecule has 0 amide bonds. The third kappa shape index (κ3) is 3.99. The number of nitriles is 1. The van der Waals surface area contributed by atoms with Crippen LogP contribution < -0.4 is 0 Å². The lowest BCUT2D eigenvalue weighted by atomic mass is 9.67. The fourth-order valence-corrected chi connectivity index (χ4v) is 7.61. The molecule has 3 nitrogen and oxygen atoms in total. The molecule has 0 N–H and O–H groups in total. The summed E-state index contributed by atoms with van der Waals surface area (Å²) >= 11 is 0. The van der Waals surface area contributed by atoms with Crippen molar-refractivity contribution >= 4 is 21.8 Å². The van der Waals surface area contributed by atoms with E-state index in [4.69, 9.17) is 9.97 Å². The molecule has 2 heterocycles. The van der Waals surface area contributed by atoms with Crippen LogP contribution in [0.4, 0.5) is 0 Å². The first-order valence-corrected chi connectivity index (χ1v) is 15.8. The molecule has 0 unspecified atom stereocenters. The second kappa shape index (κ2) is 10.6. The fourth-order valence-electron chi connectivity index (χ4n) is 7.61. The van der Waals surface area contributed by atoms with Gasteiger partial charge in [-0.1, -0.05) is 127 Å². The van der Waals surface area contributed by atoms with Gasteiger partial charge in [-0.05, 0) is 69.3 Å². The van der Waals surface area contributed by atoms with E-state index in [1.54, 1.807) is 0 Å². The number of rotatable bonds is 4. The van der Waals surface area contributed by atoms with Gasteiger partial charge < -0.3 is 0 Å². The molecule has 0 aliphatic heterocycles. The van der Waals surface area contributed by atoms with Gasteiger partial charge in [0.25, 0.3) is 0 Å². The maximum atomic E-state index is 10.3. The summed E-state index contributed by atoms with van der Waals surface area (Å²) in [7, 11) is 0. The molecule has 0 bridgehead atoms. The first-order valence-electron chi connectivity index (χ1n) is 15.8. The summed E-state index contributed by atoms with van der Waals surface area (Å²) in [5.41, 5.74) is 12.7. The summed E-state index contributed by atoms with van der Waals surface area (Å²) < 4.78 is 0. The van der Waals surface area contributed by atoms with Crippen LogP contribution in [0.25, 0.3) is 55.3 Å². The predicted molar refractivity (Wildman–Crippen MR) is 190 cm³/mol. The Hall–Kier alpha value is -6.37. The van der Waals surface area contributed by atoms with Crippen molar-refractivity contribution in [2.24, 2.45) is 0 Å². The van der Waals surface area contributed by atoms with Gasteiger partial charge in [-0.15, -0.1) is 0 Å². The molecule has 3 heteroatoms. The van der Waals surface area contributed by atoms with Crippen LogP contribution in [0.3, 0.4) is 0 Å². The molecule has 47 heavy (non-hydrogen) atoms. The van der Waals surface area contributed by atoms with Gasteiger partial charge in [-0.2, -0.15) is 5.26 Å². The van der Waals surface area contributed by atoms with E-state index < -0.39 is 5.41 Å². The van der Waals surface area contributed by atoms with Crippen molar-refractivity contribution in [2.45, 2.75) is 5.41 Å². The van der Waals surface area contributed by atoms with Gasteiger partial charge in [-0.3, -0.25) is 4.98 Å². The second-order valence-corrected chi connectivity index (χ2v) is 12.0. The Kier molecular flexibility index (Phi) is 6.10. The fraction of sp³-hybridized carbons (Fsp3) is 0.0227. The first kappa shape index (κ1) is 27.0. The molecule has 1 aliphatic carbocycles. The number of hydrogen-bond acceptors (Lipinski definition) is 3. The van der Waals surface area contributed by atoms with E-state index in [0.29, 0.717) is 5.56 Å². The molecule has 2 aromatic heterocycles. The molecule has 0 spiro atoms. The van der Waals surface area contributed by atoms with Crippen molar-refractivity contribution in [3.8, 4) is 39.6 Å². The number of benzene rings is 6. The second-order valence-electron chi connectivity index (χ2n) is 12.0. The molecular formula is C44H27N3. The van der Waals surface area contributed by atoms with Gasteiger partial charge in [0.1, 0.15) is 0 Å². The average molecular weight is 598 g/mol. The van der Waals surface area contributed by atoms with Crippen LogP contribution in [0.15, 0.2) is 164 Å². The highest BCUT2D eigenvalue weighted by Gasteiger charge is 2.46. The Morgan fingerprint density at radius 2 is 1.11 bits per heavy atom. The van der Waals surface area contributed by atoms with E-state index in [1.807, 2.05) is 36.5 Å². The molecule has 0 saturated heterocycles. The van der Waals surface area contributed by atoms with Crippen LogP contribution in [0, 0.1) is 11.3 Å². The van der Waals surface area contributed by atoms with E-state index in [-0.39, 0.29) is 0 Å². The molecule has 0 fully saturated rings. The average Bonchev–Trinajstić information content (AvgIpc) is 3.45. The van der Waals surface area contributed by atoms with Crippen LogP contribution in [0.5, 0.6) is 0 Å². The molecule has 9 rings (SSSR count). The predicted octanol–water partition coefficient (Wildman–Crippen LogP) is 10.4. The number of hydrogen-bond donors (Lipinski definition) is 0. The minimum Gasteiger partial charge on any atom is -0.254 e. The van der Waals surface area contributed by atoms with Crippen molar-refractivity contribution in [2.75, 3.05) is 0 Å². The lowest BCUT2D eigenvalue weighted by molar-refractivity contribution is 0.769. The number of nitrogens with zero attached hydrogens (tertiary/aromatic N) is 3. The maximum Gasteiger partial charge on any atom is 0.0998 e. The Bertz CT molecular complexity index is 2490. The summed E-state index contributed by atoms with van der Waals surface area (Å²) in [5.74, 6) is 0. The highest BCUT2D eigenvalue weighted by molar-refractivity contribution is 6.04. The smallest absolute Gasteiger partial charge is 0.0998 e. The van der Waals surface area contributed by atoms with Crippen molar-refractivity contribution in [3.63, 3.8) is 0 Å².